The standard InChI is InChI=1S/C8H7N3S2/c1-5-2-6(11-8(12)10-5)7-3-13-4-9-7/h2-4H,1H3,(H,10,11,12). The monoisotopic (exact) mass is 209 g/mol. The predicted octanol–water partition coefficient (Wildman–Crippen LogP) is 2.57. The normalized spacial score (nSPS) is 10.2. The Hall–Kier alpha value is -1.07. The molecule has 0 saturated heterocycles. The van der Waals surface area contributed by atoms with Gasteiger partial charge in [0.25, 0.3) is 0 Å². The van der Waals surface area contributed by atoms with E-state index in [1.807, 2.05) is 18.4 Å². The minimum atomic E-state index is 0.503. The van der Waals surface area contributed by atoms with Gasteiger partial charge in [0, 0.05) is 11.1 Å². The van der Waals surface area contributed by atoms with E-state index in [-0.39, 0.29) is 0 Å². The fraction of sp³-hybridized carbons (Fsp3) is 0.125. The first-order chi connectivity index (χ1) is 6.25. The number of nitrogens with zero attached hydrogens (tertiary/aromatic N) is 2. The van der Waals surface area contributed by atoms with Gasteiger partial charge in [0.15, 0.2) is 4.77 Å². The van der Waals surface area contributed by atoms with Crippen molar-refractivity contribution in [1.82, 2.24) is 15.0 Å². The Morgan fingerprint density at radius 2 is 2.31 bits per heavy atom. The topological polar surface area (TPSA) is 41.6 Å². The largest absolute Gasteiger partial charge is 0.335 e. The van der Waals surface area contributed by atoms with Crippen molar-refractivity contribution in [2.24, 2.45) is 0 Å². The predicted molar refractivity (Wildman–Crippen MR) is 55.3 cm³/mol. The number of hydrogen-bond acceptors (Lipinski definition) is 4. The molecule has 0 radical (unpaired) electrons. The average molecular weight is 209 g/mol. The summed E-state index contributed by atoms with van der Waals surface area (Å²) in [6.07, 6.45) is 0. The number of thiazole rings is 1. The number of nitrogens with one attached hydrogen (secondary N) is 1. The minimum Gasteiger partial charge on any atom is -0.335 e. The van der Waals surface area contributed by atoms with Crippen molar-refractivity contribution in [1.29, 1.82) is 0 Å². The summed E-state index contributed by atoms with van der Waals surface area (Å²) in [5.41, 5.74) is 4.50. The lowest BCUT2D eigenvalue weighted by Gasteiger charge is -1.97. The zero-order valence-corrected chi connectivity index (χ0v) is 8.58. The fourth-order valence-electron chi connectivity index (χ4n) is 1.05. The van der Waals surface area contributed by atoms with Crippen LogP contribution in [0.25, 0.3) is 11.4 Å². The lowest BCUT2D eigenvalue weighted by molar-refractivity contribution is 1.07. The Morgan fingerprint density at radius 1 is 1.46 bits per heavy atom. The summed E-state index contributed by atoms with van der Waals surface area (Å²) in [6, 6.07) is 1.94. The van der Waals surface area contributed by atoms with E-state index in [9.17, 15) is 0 Å². The summed E-state index contributed by atoms with van der Waals surface area (Å²) in [5, 5.41) is 1.95. The van der Waals surface area contributed by atoms with Gasteiger partial charge < -0.3 is 4.98 Å². The first kappa shape index (κ1) is 8.52. The van der Waals surface area contributed by atoms with Crippen molar-refractivity contribution < 1.29 is 0 Å². The summed E-state index contributed by atoms with van der Waals surface area (Å²) in [7, 11) is 0. The van der Waals surface area contributed by atoms with Gasteiger partial charge in [-0.3, -0.25) is 0 Å². The molecule has 0 aliphatic carbocycles. The van der Waals surface area contributed by atoms with E-state index < -0.39 is 0 Å². The van der Waals surface area contributed by atoms with Crippen LogP contribution < -0.4 is 0 Å². The zero-order valence-electron chi connectivity index (χ0n) is 6.94. The van der Waals surface area contributed by atoms with E-state index in [0.717, 1.165) is 17.1 Å². The molecule has 0 unspecified atom stereocenters. The van der Waals surface area contributed by atoms with Crippen molar-refractivity contribution in [2.45, 2.75) is 6.92 Å². The molecule has 0 saturated carbocycles. The number of aryl methyl sites for hydroxylation is 1. The SMILES string of the molecule is Cc1cc(-c2cscn2)nc(=S)[nH]1. The van der Waals surface area contributed by atoms with Crippen LogP contribution in [0.1, 0.15) is 5.69 Å². The van der Waals surface area contributed by atoms with E-state index >= 15 is 0 Å². The van der Waals surface area contributed by atoms with Crippen LogP contribution in [0.5, 0.6) is 0 Å². The van der Waals surface area contributed by atoms with Gasteiger partial charge in [0.2, 0.25) is 0 Å². The van der Waals surface area contributed by atoms with E-state index in [1.54, 1.807) is 16.8 Å². The lowest BCUT2D eigenvalue weighted by Crippen LogP contribution is -1.89. The molecular weight excluding hydrogens is 202 g/mol. The van der Waals surface area contributed by atoms with Crippen LogP contribution in [-0.4, -0.2) is 15.0 Å². The van der Waals surface area contributed by atoms with Crippen LogP contribution in [0.2, 0.25) is 0 Å². The number of H-pyrrole nitrogens is 1. The molecule has 0 aliphatic rings. The van der Waals surface area contributed by atoms with Gasteiger partial charge in [-0.05, 0) is 25.2 Å². The quantitative estimate of drug-likeness (QED) is 0.734. The molecule has 66 valence electrons. The second kappa shape index (κ2) is 3.35. The van der Waals surface area contributed by atoms with Crippen LogP contribution in [-0.2, 0) is 0 Å². The van der Waals surface area contributed by atoms with Crippen LogP contribution in [0.15, 0.2) is 17.0 Å². The van der Waals surface area contributed by atoms with Crippen molar-refractivity contribution >= 4 is 23.6 Å². The number of hydrogen-bond donors (Lipinski definition) is 1. The van der Waals surface area contributed by atoms with Gasteiger partial charge in [-0.2, -0.15) is 0 Å². The Kier molecular flexibility index (Phi) is 2.20. The maximum absolute atomic E-state index is 4.97. The highest BCUT2D eigenvalue weighted by atomic mass is 32.1. The van der Waals surface area contributed by atoms with E-state index in [2.05, 4.69) is 15.0 Å². The van der Waals surface area contributed by atoms with Gasteiger partial charge in [-0.1, -0.05) is 0 Å². The van der Waals surface area contributed by atoms with Gasteiger partial charge in [-0.15, -0.1) is 11.3 Å². The third-order valence-electron chi connectivity index (χ3n) is 1.57. The molecule has 0 atom stereocenters. The van der Waals surface area contributed by atoms with E-state index in [0.29, 0.717) is 4.77 Å². The highest BCUT2D eigenvalue weighted by Gasteiger charge is 2.01. The number of aromatic amines is 1. The summed E-state index contributed by atoms with van der Waals surface area (Å²) in [5.74, 6) is 0. The Bertz CT molecular complexity index is 458. The molecule has 0 bridgehead atoms. The second-order valence-electron chi connectivity index (χ2n) is 2.63. The zero-order chi connectivity index (χ0) is 9.26. The second-order valence-corrected chi connectivity index (χ2v) is 3.73. The Balaban J connectivity index is 2.59. The molecule has 2 aromatic rings. The van der Waals surface area contributed by atoms with Crippen molar-refractivity contribution in [2.75, 3.05) is 0 Å². The van der Waals surface area contributed by atoms with Crippen LogP contribution in [0, 0.1) is 11.7 Å². The maximum atomic E-state index is 4.97. The highest BCUT2D eigenvalue weighted by molar-refractivity contribution is 7.71. The van der Waals surface area contributed by atoms with E-state index in [1.165, 1.54) is 0 Å². The number of aromatic nitrogens is 3. The van der Waals surface area contributed by atoms with Gasteiger partial charge in [0.05, 0.1) is 16.9 Å². The van der Waals surface area contributed by atoms with Crippen molar-refractivity contribution in [3.63, 3.8) is 0 Å². The molecule has 0 fully saturated rings. The van der Waals surface area contributed by atoms with Crippen LogP contribution in [0.3, 0.4) is 0 Å². The number of rotatable bonds is 1. The summed E-state index contributed by atoms with van der Waals surface area (Å²) >= 11 is 6.52. The highest BCUT2D eigenvalue weighted by Crippen LogP contribution is 2.16. The minimum absolute atomic E-state index is 0.503. The molecule has 0 spiro atoms. The van der Waals surface area contributed by atoms with Crippen LogP contribution in [0.4, 0.5) is 0 Å². The summed E-state index contributed by atoms with van der Waals surface area (Å²) in [6.45, 7) is 1.95. The molecular formula is C8H7N3S2. The van der Waals surface area contributed by atoms with Gasteiger partial charge >= 0.3 is 0 Å². The lowest BCUT2D eigenvalue weighted by atomic mass is 10.3. The van der Waals surface area contributed by atoms with Crippen molar-refractivity contribution in [3.8, 4) is 11.4 Å². The fourth-order valence-corrected chi connectivity index (χ4v) is 1.85. The summed E-state index contributed by atoms with van der Waals surface area (Å²) < 4.78 is 0.503. The molecule has 2 rings (SSSR count). The molecule has 3 nitrogen and oxygen atoms in total. The average Bonchev–Trinajstić information content (AvgIpc) is 2.53. The van der Waals surface area contributed by atoms with E-state index in [4.69, 9.17) is 12.2 Å². The Labute approximate surface area is 84.5 Å². The molecule has 0 aliphatic heterocycles. The molecule has 1 N–H and O–H groups in total. The smallest absolute Gasteiger partial charge is 0.197 e. The molecule has 2 heterocycles. The summed E-state index contributed by atoms with van der Waals surface area (Å²) in [4.78, 5) is 11.3. The third-order valence-corrected chi connectivity index (χ3v) is 2.35. The van der Waals surface area contributed by atoms with Gasteiger partial charge in [0.1, 0.15) is 0 Å². The van der Waals surface area contributed by atoms with Crippen LogP contribution >= 0.6 is 23.6 Å². The van der Waals surface area contributed by atoms with Crippen molar-refractivity contribution in [3.05, 3.63) is 27.4 Å². The first-order valence-corrected chi connectivity index (χ1v) is 5.07. The third kappa shape index (κ3) is 1.81. The maximum Gasteiger partial charge on any atom is 0.197 e. The molecule has 5 heteroatoms. The first-order valence-electron chi connectivity index (χ1n) is 3.72. The molecule has 2 aromatic heterocycles. The molecule has 0 amide bonds. The molecule has 13 heavy (non-hydrogen) atoms. The molecule has 0 aromatic carbocycles. The Morgan fingerprint density at radius 3 is 2.92 bits per heavy atom. The van der Waals surface area contributed by atoms with Gasteiger partial charge in [-0.25, -0.2) is 9.97 Å².